The SMILES string of the molecule is CCC(C)(C)n1nnnc1[C@H](C(C)C)N(CCO)Cc1cc2cc3c(cc2[nH]c1=O)OCCO3. The number of H-pyrrole nitrogens is 1. The van der Waals surface area contributed by atoms with E-state index < -0.39 is 0 Å². The van der Waals surface area contributed by atoms with Crippen molar-refractivity contribution in [1.82, 2.24) is 30.1 Å². The van der Waals surface area contributed by atoms with Crippen LogP contribution in [-0.4, -0.2) is 61.6 Å². The summed E-state index contributed by atoms with van der Waals surface area (Å²) in [5.41, 5.74) is 0.847. The van der Waals surface area contributed by atoms with Crippen LogP contribution < -0.4 is 15.0 Å². The number of aromatic nitrogens is 5. The van der Waals surface area contributed by atoms with E-state index in [2.05, 4.69) is 60.0 Å². The minimum Gasteiger partial charge on any atom is -0.486 e. The predicted molar refractivity (Wildman–Crippen MR) is 128 cm³/mol. The maximum absolute atomic E-state index is 13.0. The van der Waals surface area contributed by atoms with Crippen molar-refractivity contribution in [1.29, 1.82) is 0 Å². The summed E-state index contributed by atoms with van der Waals surface area (Å²) >= 11 is 0. The third kappa shape index (κ3) is 4.65. The summed E-state index contributed by atoms with van der Waals surface area (Å²) in [4.78, 5) is 18.1. The zero-order valence-corrected chi connectivity index (χ0v) is 20.5. The molecule has 0 radical (unpaired) electrons. The molecule has 1 aliphatic rings. The zero-order chi connectivity index (χ0) is 24.5. The van der Waals surface area contributed by atoms with Crippen LogP contribution in [0.3, 0.4) is 0 Å². The van der Waals surface area contributed by atoms with Crippen molar-refractivity contribution in [3.8, 4) is 11.5 Å². The molecule has 2 aromatic heterocycles. The maximum atomic E-state index is 13.0. The molecule has 3 heterocycles. The second-order valence-electron chi connectivity index (χ2n) is 9.70. The number of ether oxygens (including phenoxy) is 2. The van der Waals surface area contributed by atoms with Gasteiger partial charge >= 0.3 is 0 Å². The number of benzene rings is 1. The molecule has 4 rings (SSSR count). The quantitative estimate of drug-likeness (QED) is 0.490. The van der Waals surface area contributed by atoms with E-state index in [1.807, 2.05) is 16.8 Å². The van der Waals surface area contributed by atoms with Gasteiger partial charge in [-0.25, -0.2) is 4.68 Å². The van der Waals surface area contributed by atoms with Crippen molar-refractivity contribution < 1.29 is 14.6 Å². The molecular weight excluding hydrogens is 436 g/mol. The molecule has 10 nitrogen and oxygen atoms in total. The fourth-order valence-electron chi connectivity index (χ4n) is 4.41. The Morgan fingerprint density at radius 2 is 1.91 bits per heavy atom. The molecule has 0 aliphatic carbocycles. The molecule has 0 amide bonds. The van der Waals surface area contributed by atoms with Gasteiger partial charge in [-0.05, 0) is 48.7 Å². The molecule has 184 valence electrons. The second kappa shape index (κ2) is 9.71. The zero-order valence-electron chi connectivity index (χ0n) is 20.5. The smallest absolute Gasteiger partial charge is 0.252 e. The van der Waals surface area contributed by atoms with Crippen LogP contribution in [0, 0.1) is 5.92 Å². The average molecular weight is 471 g/mol. The van der Waals surface area contributed by atoms with Crippen LogP contribution in [0.2, 0.25) is 0 Å². The second-order valence-corrected chi connectivity index (χ2v) is 9.70. The van der Waals surface area contributed by atoms with Gasteiger partial charge in [0.25, 0.3) is 5.56 Å². The fourth-order valence-corrected chi connectivity index (χ4v) is 4.41. The highest BCUT2D eigenvalue weighted by Gasteiger charge is 2.33. The van der Waals surface area contributed by atoms with Gasteiger partial charge < -0.3 is 19.6 Å². The van der Waals surface area contributed by atoms with Gasteiger partial charge in [-0.2, -0.15) is 0 Å². The van der Waals surface area contributed by atoms with Gasteiger partial charge in [-0.3, -0.25) is 9.69 Å². The van der Waals surface area contributed by atoms with Crippen LogP contribution in [0.4, 0.5) is 0 Å². The van der Waals surface area contributed by atoms with Gasteiger partial charge in [-0.15, -0.1) is 5.10 Å². The van der Waals surface area contributed by atoms with Crippen LogP contribution in [0.1, 0.15) is 58.5 Å². The van der Waals surface area contributed by atoms with Gasteiger partial charge in [-0.1, -0.05) is 20.8 Å². The molecule has 2 N–H and O–H groups in total. The van der Waals surface area contributed by atoms with Gasteiger partial charge in [0, 0.05) is 30.1 Å². The van der Waals surface area contributed by atoms with E-state index in [-0.39, 0.29) is 29.7 Å². The Bertz CT molecular complexity index is 1200. The van der Waals surface area contributed by atoms with E-state index in [4.69, 9.17) is 9.47 Å². The highest BCUT2D eigenvalue weighted by Crippen LogP contribution is 2.35. The molecule has 0 bridgehead atoms. The molecule has 1 aliphatic heterocycles. The van der Waals surface area contributed by atoms with Crippen molar-refractivity contribution in [3.63, 3.8) is 0 Å². The molecule has 0 saturated heterocycles. The van der Waals surface area contributed by atoms with Crippen molar-refractivity contribution >= 4 is 10.9 Å². The lowest BCUT2D eigenvalue weighted by Crippen LogP contribution is -2.39. The predicted octanol–water partition coefficient (Wildman–Crippen LogP) is 2.62. The molecule has 3 aromatic rings. The molecule has 0 unspecified atom stereocenters. The number of nitrogens with one attached hydrogen (secondary N) is 1. The van der Waals surface area contributed by atoms with Gasteiger partial charge in [0.1, 0.15) is 13.2 Å². The molecular formula is C24H34N6O4. The Morgan fingerprint density at radius 3 is 2.56 bits per heavy atom. The standard InChI is InChI=1S/C24H34N6O4/c1-6-24(4,5)30-22(26-27-28-30)21(15(2)3)29(7-8-31)14-17-11-16-12-19-20(34-10-9-33-19)13-18(16)25-23(17)32/h11-13,15,21,31H,6-10,14H2,1-5H3,(H,25,32)/t21-/m0/s1. The van der Waals surface area contributed by atoms with Gasteiger partial charge in [0.15, 0.2) is 17.3 Å². The Labute approximate surface area is 198 Å². The Balaban J connectivity index is 1.73. The molecule has 34 heavy (non-hydrogen) atoms. The van der Waals surface area contributed by atoms with Crippen LogP contribution in [0.5, 0.6) is 11.5 Å². The van der Waals surface area contributed by atoms with Gasteiger partial charge in [0.2, 0.25) is 0 Å². The van der Waals surface area contributed by atoms with Crippen LogP contribution in [0.15, 0.2) is 23.0 Å². The van der Waals surface area contributed by atoms with E-state index in [0.29, 0.717) is 48.9 Å². The number of nitrogens with zero attached hydrogens (tertiary/aromatic N) is 5. The first-order chi connectivity index (χ1) is 16.2. The number of aliphatic hydroxyl groups is 1. The summed E-state index contributed by atoms with van der Waals surface area (Å²) in [6.07, 6.45) is 0.857. The highest BCUT2D eigenvalue weighted by molar-refractivity contribution is 5.83. The van der Waals surface area contributed by atoms with Crippen molar-refractivity contribution in [2.24, 2.45) is 5.92 Å². The first-order valence-corrected chi connectivity index (χ1v) is 11.8. The third-order valence-corrected chi connectivity index (χ3v) is 6.57. The molecule has 0 saturated carbocycles. The maximum Gasteiger partial charge on any atom is 0.252 e. The van der Waals surface area contributed by atoms with Crippen molar-refractivity contribution in [3.05, 3.63) is 39.9 Å². The summed E-state index contributed by atoms with van der Waals surface area (Å²) in [6, 6.07) is 5.39. The Hall–Kier alpha value is -2.98. The van der Waals surface area contributed by atoms with E-state index in [0.717, 1.165) is 17.6 Å². The molecule has 0 fully saturated rings. The number of aromatic amines is 1. The fraction of sp³-hybridized carbons (Fsp3) is 0.583. The lowest BCUT2D eigenvalue weighted by atomic mass is 9.97. The molecule has 1 aromatic carbocycles. The van der Waals surface area contributed by atoms with Crippen LogP contribution in [0.25, 0.3) is 10.9 Å². The first kappa shape index (κ1) is 24.2. The summed E-state index contributed by atoms with van der Waals surface area (Å²) in [6.45, 7) is 12.1. The third-order valence-electron chi connectivity index (χ3n) is 6.57. The normalized spacial score (nSPS) is 14.8. The monoisotopic (exact) mass is 470 g/mol. The minimum atomic E-state index is -0.265. The summed E-state index contributed by atoms with van der Waals surface area (Å²) in [7, 11) is 0. The van der Waals surface area contributed by atoms with Crippen molar-refractivity contribution in [2.45, 2.75) is 59.2 Å². The number of hydrogen-bond acceptors (Lipinski definition) is 8. The molecule has 0 spiro atoms. The van der Waals surface area contributed by atoms with Crippen LogP contribution in [-0.2, 0) is 12.1 Å². The first-order valence-electron chi connectivity index (χ1n) is 11.8. The summed E-state index contributed by atoms with van der Waals surface area (Å²) in [5.74, 6) is 2.17. The van der Waals surface area contributed by atoms with Crippen molar-refractivity contribution in [2.75, 3.05) is 26.4 Å². The average Bonchev–Trinajstić information content (AvgIpc) is 3.28. The van der Waals surface area contributed by atoms with E-state index in [9.17, 15) is 9.90 Å². The molecule has 10 heteroatoms. The summed E-state index contributed by atoms with van der Waals surface area (Å²) < 4.78 is 13.2. The number of rotatable bonds is 9. The number of fused-ring (bicyclic) bond motifs is 2. The molecule has 1 atom stereocenters. The highest BCUT2D eigenvalue weighted by atomic mass is 16.6. The number of pyridine rings is 1. The summed E-state index contributed by atoms with van der Waals surface area (Å²) in [5, 5.41) is 23.4. The topological polar surface area (TPSA) is 118 Å². The van der Waals surface area contributed by atoms with E-state index in [1.165, 1.54) is 0 Å². The number of aliphatic hydroxyl groups excluding tert-OH is 1. The lowest BCUT2D eigenvalue weighted by Gasteiger charge is -2.35. The number of hydrogen-bond donors (Lipinski definition) is 2. The largest absolute Gasteiger partial charge is 0.486 e. The van der Waals surface area contributed by atoms with E-state index in [1.54, 1.807) is 6.07 Å². The Morgan fingerprint density at radius 1 is 1.21 bits per heavy atom. The Kier molecular flexibility index (Phi) is 6.90. The van der Waals surface area contributed by atoms with Crippen LogP contribution >= 0.6 is 0 Å². The van der Waals surface area contributed by atoms with Gasteiger partial charge in [0.05, 0.1) is 23.7 Å². The van der Waals surface area contributed by atoms with E-state index >= 15 is 0 Å². The lowest BCUT2D eigenvalue weighted by molar-refractivity contribution is 0.0999. The number of tetrazole rings is 1. The minimum absolute atomic E-state index is 0.0495.